The van der Waals surface area contributed by atoms with E-state index in [0.29, 0.717) is 0 Å². The van der Waals surface area contributed by atoms with Gasteiger partial charge in [0.2, 0.25) is 5.56 Å². The Bertz CT molecular complexity index is 543. The molecule has 0 fully saturated rings. The molecule has 78 valence electrons. The number of aromatic amines is 1. The standard InChI is InChI=1S/C12H14N2O/c1-2-3-8-6-12(15)14-11-5-4-9(13)7-10(8)11/h4-7H,2-3,13H2,1H3,(H,14,15). The predicted molar refractivity (Wildman–Crippen MR) is 63.0 cm³/mol. The van der Waals surface area contributed by atoms with Crippen LogP contribution in [0, 0.1) is 0 Å². The van der Waals surface area contributed by atoms with Crippen LogP contribution in [0.3, 0.4) is 0 Å². The Kier molecular flexibility index (Phi) is 2.46. The maximum atomic E-state index is 11.4. The zero-order valence-electron chi connectivity index (χ0n) is 8.71. The van der Waals surface area contributed by atoms with E-state index < -0.39 is 0 Å². The number of nitrogens with one attached hydrogen (secondary N) is 1. The van der Waals surface area contributed by atoms with Crippen LogP contribution in [0.15, 0.2) is 29.1 Å². The fourth-order valence-corrected chi connectivity index (χ4v) is 1.82. The molecule has 2 aromatic rings. The van der Waals surface area contributed by atoms with Crippen LogP contribution in [0.25, 0.3) is 10.9 Å². The number of fused-ring (bicyclic) bond motifs is 1. The number of aryl methyl sites for hydroxylation is 1. The molecule has 1 heterocycles. The van der Waals surface area contributed by atoms with E-state index in [9.17, 15) is 4.79 Å². The first kappa shape index (κ1) is 9.77. The summed E-state index contributed by atoms with van der Waals surface area (Å²) in [6, 6.07) is 7.22. The van der Waals surface area contributed by atoms with Gasteiger partial charge in [0.15, 0.2) is 0 Å². The van der Waals surface area contributed by atoms with Gasteiger partial charge in [-0.1, -0.05) is 13.3 Å². The van der Waals surface area contributed by atoms with Gasteiger partial charge < -0.3 is 10.7 Å². The predicted octanol–water partition coefficient (Wildman–Crippen LogP) is 2.06. The van der Waals surface area contributed by atoms with E-state index in [4.69, 9.17) is 5.73 Å². The SMILES string of the molecule is CCCc1cc(=O)[nH]c2ccc(N)cc12. The second-order valence-corrected chi connectivity index (χ2v) is 3.71. The van der Waals surface area contributed by atoms with Crippen LogP contribution in [-0.2, 0) is 6.42 Å². The number of anilines is 1. The number of H-pyrrole nitrogens is 1. The number of rotatable bonds is 2. The maximum absolute atomic E-state index is 11.4. The third kappa shape index (κ3) is 1.86. The molecule has 0 saturated heterocycles. The lowest BCUT2D eigenvalue weighted by molar-refractivity contribution is 0.925. The number of nitrogens with two attached hydrogens (primary N) is 1. The molecular formula is C12H14N2O. The molecule has 0 amide bonds. The lowest BCUT2D eigenvalue weighted by Crippen LogP contribution is -2.06. The molecule has 1 aromatic carbocycles. The fourth-order valence-electron chi connectivity index (χ4n) is 1.82. The highest BCUT2D eigenvalue weighted by atomic mass is 16.1. The van der Waals surface area contributed by atoms with Crippen molar-refractivity contribution in [2.24, 2.45) is 0 Å². The van der Waals surface area contributed by atoms with Crippen molar-refractivity contribution < 1.29 is 0 Å². The molecule has 0 aliphatic rings. The van der Waals surface area contributed by atoms with Gasteiger partial charge in [0, 0.05) is 22.7 Å². The first-order valence-corrected chi connectivity index (χ1v) is 5.12. The number of hydrogen-bond acceptors (Lipinski definition) is 2. The molecule has 0 aliphatic heterocycles. The summed E-state index contributed by atoms with van der Waals surface area (Å²) in [5.74, 6) is 0. The molecule has 0 spiro atoms. The van der Waals surface area contributed by atoms with E-state index in [1.165, 1.54) is 0 Å². The Labute approximate surface area is 87.9 Å². The summed E-state index contributed by atoms with van der Waals surface area (Å²) >= 11 is 0. The molecule has 3 heteroatoms. The molecule has 15 heavy (non-hydrogen) atoms. The highest BCUT2D eigenvalue weighted by Gasteiger charge is 2.02. The Morgan fingerprint density at radius 2 is 2.13 bits per heavy atom. The summed E-state index contributed by atoms with van der Waals surface area (Å²) in [5, 5.41) is 1.05. The van der Waals surface area contributed by atoms with Crippen molar-refractivity contribution in [2.75, 3.05) is 5.73 Å². The van der Waals surface area contributed by atoms with Crippen LogP contribution in [0.4, 0.5) is 5.69 Å². The molecule has 0 atom stereocenters. The average Bonchev–Trinajstić information content (AvgIpc) is 2.19. The van der Waals surface area contributed by atoms with Gasteiger partial charge in [0.1, 0.15) is 0 Å². The fraction of sp³-hybridized carbons (Fsp3) is 0.250. The molecule has 3 N–H and O–H groups in total. The van der Waals surface area contributed by atoms with Crippen molar-refractivity contribution in [3.05, 3.63) is 40.2 Å². The summed E-state index contributed by atoms with van der Waals surface area (Å²) in [6.45, 7) is 2.10. The summed E-state index contributed by atoms with van der Waals surface area (Å²) in [4.78, 5) is 14.2. The number of hydrogen-bond donors (Lipinski definition) is 2. The Morgan fingerprint density at radius 3 is 2.87 bits per heavy atom. The van der Waals surface area contributed by atoms with Crippen LogP contribution in [0.2, 0.25) is 0 Å². The van der Waals surface area contributed by atoms with Gasteiger partial charge in [0.05, 0.1) is 0 Å². The van der Waals surface area contributed by atoms with Gasteiger partial charge >= 0.3 is 0 Å². The van der Waals surface area contributed by atoms with Crippen molar-refractivity contribution in [1.29, 1.82) is 0 Å². The van der Waals surface area contributed by atoms with Crippen LogP contribution >= 0.6 is 0 Å². The van der Waals surface area contributed by atoms with Crippen LogP contribution in [-0.4, -0.2) is 4.98 Å². The van der Waals surface area contributed by atoms with E-state index >= 15 is 0 Å². The lowest BCUT2D eigenvalue weighted by atomic mass is 10.0. The Hall–Kier alpha value is -1.77. The minimum absolute atomic E-state index is 0.0456. The van der Waals surface area contributed by atoms with Crippen molar-refractivity contribution in [3.8, 4) is 0 Å². The summed E-state index contributed by atoms with van der Waals surface area (Å²) in [7, 11) is 0. The van der Waals surface area contributed by atoms with Gasteiger partial charge in [-0.15, -0.1) is 0 Å². The maximum Gasteiger partial charge on any atom is 0.248 e. The molecule has 3 nitrogen and oxygen atoms in total. The second-order valence-electron chi connectivity index (χ2n) is 3.71. The van der Waals surface area contributed by atoms with Crippen LogP contribution in [0.1, 0.15) is 18.9 Å². The third-order valence-corrected chi connectivity index (χ3v) is 2.47. The third-order valence-electron chi connectivity index (χ3n) is 2.47. The number of benzene rings is 1. The van der Waals surface area contributed by atoms with Crippen molar-refractivity contribution in [3.63, 3.8) is 0 Å². The number of pyridine rings is 1. The monoisotopic (exact) mass is 202 g/mol. The normalized spacial score (nSPS) is 10.7. The minimum Gasteiger partial charge on any atom is -0.399 e. The first-order chi connectivity index (χ1) is 7.20. The first-order valence-electron chi connectivity index (χ1n) is 5.12. The van der Waals surface area contributed by atoms with Crippen molar-refractivity contribution in [2.45, 2.75) is 19.8 Å². The average molecular weight is 202 g/mol. The molecular weight excluding hydrogens is 188 g/mol. The van der Waals surface area contributed by atoms with Gasteiger partial charge in [-0.25, -0.2) is 0 Å². The van der Waals surface area contributed by atoms with Crippen LogP contribution in [0.5, 0.6) is 0 Å². The topological polar surface area (TPSA) is 58.9 Å². The smallest absolute Gasteiger partial charge is 0.248 e. The number of aromatic nitrogens is 1. The van der Waals surface area contributed by atoms with Gasteiger partial charge in [0.25, 0.3) is 0 Å². The molecule has 0 unspecified atom stereocenters. The zero-order valence-corrected chi connectivity index (χ0v) is 8.71. The molecule has 0 saturated carbocycles. The highest BCUT2D eigenvalue weighted by Crippen LogP contribution is 2.19. The quantitative estimate of drug-likeness (QED) is 0.732. The molecule has 2 rings (SSSR count). The van der Waals surface area contributed by atoms with Crippen molar-refractivity contribution >= 4 is 16.6 Å². The molecule has 0 bridgehead atoms. The van der Waals surface area contributed by atoms with Gasteiger partial charge in [-0.05, 0) is 30.2 Å². The lowest BCUT2D eigenvalue weighted by Gasteiger charge is -2.05. The van der Waals surface area contributed by atoms with E-state index in [0.717, 1.165) is 35.0 Å². The Morgan fingerprint density at radius 1 is 1.33 bits per heavy atom. The van der Waals surface area contributed by atoms with E-state index in [-0.39, 0.29) is 5.56 Å². The molecule has 0 aliphatic carbocycles. The van der Waals surface area contributed by atoms with Gasteiger partial charge in [-0.2, -0.15) is 0 Å². The molecule has 0 radical (unpaired) electrons. The molecule has 1 aromatic heterocycles. The number of nitrogen functional groups attached to an aromatic ring is 1. The second kappa shape index (κ2) is 3.77. The van der Waals surface area contributed by atoms with E-state index in [1.807, 2.05) is 12.1 Å². The van der Waals surface area contributed by atoms with E-state index in [2.05, 4.69) is 11.9 Å². The Balaban J connectivity index is 2.75. The van der Waals surface area contributed by atoms with E-state index in [1.54, 1.807) is 12.1 Å². The summed E-state index contributed by atoms with van der Waals surface area (Å²) in [5.41, 5.74) is 8.35. The van der Waals surface area contributed by atoms with Crippen LogP contribution < -0.4 is 11.3 Å². The highest BCUT2D eigenvalue weighted by molar-refractivity contribution is 5.84. The minimum atomic E-state index is -0.0456. The van der Waals surface area contributed by atoms with Gasteiger partial charge in [-0.3, -0.25) is 4.79 Å². The summed E-state index contributed by atoms with van der Waals surface area (Å²) < 4.78 is 0. The largest absolute Gasteiger partial charge is 0.399 e. The summed E-state index contributed by atoms with van der Waals surface area (Å²) in [6.07, 6.45) is 1.93. The van der Waals surface area contributed by atoms with Crippen molar-refractivity contribution in [1.82, 2.24) is 4.98 Å². The zero-order chi connectivity index (χ0) is 10.8.